The third kappa shape index (κ3) is 6.73. The Labute approximate surface area is 331 Å². The Morgan fingerprint density at radius 1 is 0.574 bits per heavy atom. The summed E-state index contributed by atoms with van der Waals surface area (Å²) < 4.78 is -1.81. The van der Waals surface area contributed by atoms with Crippen LogP contribution in [0.3, 0.4) is 0 Å². The summed E-state index contributed by atoms with van der Waals surface area (Å²) >= 11 is -6.12. The average Bonchev–Trinajstić information content (AvgIpc) is 3.73. The average molecular weight is 927 g/mol. The third-order valence-corrected chi connectivity index (χ3v) is 40.1. The van der Waals surface area contributed by atoms with Gasteiger partial charge in [0.05, 0.1) is 0 Å². The molecule has 0 heterocycles. The van der Waals surface area contributed by atoms with Gasteiger partial charge in [0.2, 0.25) is 0 Å². The van der Waals surface area contributed by atoms with E-state index in [1.807, 2.05) is 0 Å². The summed E-state index contributed by atoms with van der Waals surface area (Å²) in [6, 6.07) is 30.2. The molecule has 8 heteroatoms. The Bertz CT molecular complexity index is 2030. The van der Waals surface area contributed by atoms with E-state index in [4.69, 9.17) is 17.2 Å². The molecule has 0 saturated heterocycles. The van der Waals surface area contributed by atoms with Gasteiger partial charge in [-0.05, 0) is 0 Å². The van der Waals surface area contributed by atoms with Crippen LogP contribution in [-0.2, 0) is 36.3 Å². The molecule has 4 aromatic carbocycles. The van der Waals surface area contributed by atoms with Gasteiger partial charge in [0.25, 0.3) is 0 Å². The molecule has 2 aliphatic carbocycles. The van der Waals surface area contributed by atoms with Crippen molar-refractivity contribution in [2.45, 2.75) is 87.4 Å². The fraction of sp³-hybridized carbons (Fsp3) is 0.348. The fourth-order valence-electron chi connectivity index (χ4n) is 9.30. The molecule has 4 aromatic rings. The van der Waals surface area contributed by atoms with E-state index < -0.39 is 27.8 Å². The molecule has 0 bridgehead atoms. The first-order valence-electron chi connectivity index (χ1n) is 19.2. The molecule has 2 atom stereocenters. The predicted molar refractivity (Wildman–Crippen MR) is 228 cm³/mol. The van der Waals surface area contributed by atoms with E-state index >= 15 is 0 Å². The van der Waals surface area contributed by atoms with Gasteiger partial charge in [-0.3, -0.25) is 0 Å². The number of allylic oxidation sites excluding steroid dienone is 2. The molecule has 0 aromatic heterocycles. The van der Waals surface area contributed by atoms with Crippen molar-refractivity contribution in [1.29, 1.82) is 0 Å². The summed E-state index contributed by atoms with van der Waals surface area (Å²) in [4.78, 5) is 25.2. The number of carbonyl (C=O) groups excluding carboxylic acids is 2. The molecule has 281 valence electrons. The Kier molecular flexibility index (Phi) is 11.0. The Hall–Kier alpha value is -3.18. The van der Waals surface area contributed by atoms with E-state index in [-0.39, 0.29) is 22.7 Å². The second-order valence-electron chi connectivity index (χ2n) is 17.9. The number of nitrogens with one attached hydrogen (secondary N) is 2. The zero-order valence-electron chi connectivity index (χ0n) is 33.4. The maximum absolute atomic E-state index is 12.6. The van der Waals surface area contributed by atoms with E-state index in [0.717, 1.165) is 44.5 Å². The Balaban J connectivity index is 1.70. The van der Waals surface area contributed by atoms with Crippen molar-refractivity contribution in [2.24, 2.45) is 11.8 Å². The second-order valence-corrected chi connectivity index (χ2v) is 48.3. The van der Waals surface area contributed by atoms with Gasteiger partial charge in [-0.2, -0.15) is 0 Å². The summed E-state index contributed by atoms with van der Waals surface area (Å²) in [6.45, 7) is 22.2. The zero-order valence-corrected chi connectivity index (χ0v) is 38.5. The van der Waals surface area contributed by atoms with Gasteiger partial charge in [0.1, 0.15) is 0 Å². The van der Waals surface area contributed by atoms with Crippen LogP contribution in [0.25, 0.3) is 34.4 Å². The molecule has 0 fully saturated rings. The van der Waals surface area contributed by atoms with Crippen LogP contribution in [0.4, 0.5) is 0 Å². The molecule has 2 unspecified atom stereocenters. The van der Waals surface area contributed by atoms with Crippen molar-refractivity contribution in [2.75, 3.05) is 0 Å². The minimum atomic E-state index is -6.12. The zero-order chi connectivity index (χ0) is 39.4. The molecule has 0 spiro atoms. The number of hydrogen-bond acceptors (Lipinski definition) is 2. The number of hydrogen-bond donors (Lipinski definition) is 2. The molecule has 4 nitrogen and oxygen atoms in total. The quantitative estimate of drug-likeness (QED) is 0.116. The summed E-state index contributed by atoms with van der Waals surface area (Å²) in [7, 11) is 17.5. The first kappa shape index (κ1) is 40.5. The predicted octanol–water partition coefficient (Wildman–Crippen LogP) is 12.0. The maximum atomic E-state index is 12.6. The molecule has 0 saturated carbocycles. The van der Waals surface area contributed by atoms with Crippen LogP contribution in [0.15, 0.2) is 96.1 Å². The molecular weight excluding hydrogens is 873 g/mol. The van der Waals surface area contributed by atoms with Gasteiger partial charge in [0.15, 0.2) is 0 Å². The molecule has 2 N–H and O–H groups in total. The number of fused-ring (bicyclic) bond motifs is 2. The first-order chi connectivity index (χ1) is 25.4. The standard InChI is InChI=1S/2C22H25.C2H3BN2O2.2ClH.Hf/c2*1-15(2)17-13-16-9-8-11-18(20(16)14-17)19-10-6-7-12-21(19)22(3,4)5;6-1-4-3-5-2-7;;;/h2*6-15H,1-5H3;1-2H,(H-,4,5,6,7);2*1H;/q;;;;;+1/p-1. The van der Waals surface area contributed by atoms with Crippen molar-refractivity contribution < 1.29 is 25.5 Å². The van der Waals surface area contributed by atoms with Gasteiger partial charge in [0, 0.05) is 0 Å². The van der Waals surface area contributed by atoms with E-state index in [0.29, 0.717) is 12.8 Å². The van der Waals surface area contributed by atoms with Gasteiger partial charge in [-0.15, -0.1) is 0 Å². The summed E-state index contributed by atoms with van der Waals surface area (Å²) in [5, 5.41) is 6.01. The SMILES string of the molecule is CC(C)C1=Cc2c(-c3ccccc3C(C)(C)C)cccc2[CH]1[Hf]([Cl])([Cl])([B](NC=O)NC=O)[CH]1C(C(C)C)=Cc2c(-c3ccccc3C(C)(C)C)cccc21. The topological polar surface area (TPSA) is 58.2 Å². The van der Waals surface area contributed by atoms with Crippen molar-refractivity contribution in [3.8, 4) is 22.3 Å². The molecule has 0 aliphatic heterocycles. The molecule has 0 radical (unpaired) electrons. The Morgan fingerprint density at radius 2 is 0.926 bits per heavy atom. The van der Waals surface area contributed by atoms with Crippen molar-refractivity contribution >= 4 is 46.7 Å². The van der Waals surface area contributed by atoms with Crippen LogP contribution in [0.5, 0.6) is 0 Å². The second kappa shape index (κ2) is 14.7. The van der Waals surface area contributed by atoms with Crippen molar-refractivity contribution in [1.82, 2.24) is 10.5 Å². The molecule has 2 aliphatic rings. The minimum absolute atomic E-state index is 0.0755. The molecular formula is C46H54BCl2HfN2O2. The molecule has 2 amide bonds. The molecule has 54 heavy (non-hydrogen) atoms. The first-order valence-corrected chi connectivity index (χ1v) is 34.3. The van der Waals surface area contributed by atoms with Crippen LogP contribution >= 0.6 is 17.2 Å². The normalized spacial score (nSPS) is 17.6. The van der Waals surface area contributed by atoms with Crippen LogP contribution in [0.1, 0.15) is 110 Å². The summed E-state index contributed by atoms with van der Waals surface area (Å²) in [5.74, 6) is 0.151. The van der Waals surface area contributed by atoms with Gasteiger partial charge in [-0.25, -0.2) is 0 Å². The van der Waals surface area contributed by atoms with E-state index in [1.165, 1.54) is 22.3 Å². The summed E-state index contributed by atoms with van der Waals surface area (Å²) in [5.41, 5.74) is 13.5. The number of benzene rings is 4. The number of amides is 2. The van der Waals surface area contributed by atoms with Crippen LogP contribution in [0.2, 0.25) is 0 Å². The van der Waals surface area contributed by atoms with Gasteiger partial charge in [-0.1, -0.05) is 0 Å². The van der Waals surface area contributed by atoms with E-state index in [9.17, 15) is 9.59 Å². The van der Waals surface area contributed by atoms with Gasteiger partial charge < -0.3 is 0 Å². The van der Waals surface area contributed by atoms with Crippen LogP contribution in [0, 0.1) is 11.8 Å². The van der Waals surface area contributed by atoms with Crippen LogP contribution in [-0.4, -0.2) is 17.4 Å². The molecule has 6 rings (SSSR count). The van der Waals surface area contributed by atoms with Crippen molar-refractivity contribution in [3.63, 3.8) is 0 Å². The van der Waals surface area contributed by atoms with Crippen LogP contribution < -0.4 is 10.5 Å². The van der Waals surface area contributed by atoms with Crippen molar-refractivity contribution in [3.05, 3.63) is 129 Å². The monoisotopic (exact) mass is 927 g/mol. The Morgan fingerprint density at radius 3 is 1.26 bits per heavy atom. The van der Waals surface area contributed by atoms with E-state index in [2.05, 4.69) is 177 Å². The number of rotatable bonds is 11. The fourth-order valence-corrected chi connectivity index (χ4v) is 39.4. The number of carbonyl (C=O) groups is 2. The number of halogens is 2. The van der Waals surface area contributed by atoms with Gasteiger partial charge >= 0.3 is 334 Å². The third-order valence-electron chi connectivity index (χ3n) is 11.7. The summed E-state index contributed by atoms with van der Waals surface area (Å²) in [6.07, 6.45) is 5.89. The van der Waals surface area contributed by atoms with E-state index in [1.54, 1.807) is 0 Å².